The van der Waals surface area contributed by atoms with Gasteiger partial charge < -0.3 is 9.84 Å². The van der Waals surface area contributed by atoms with Crippen molar-refractivity contribution in [1.29, 1.82) is 0 Å². The van der Waals surface area contributed by atoms with E-state index in [1.165, 1.54) is 29.6 Å². The SMILES string of the molecule is Cc1ccc(-c2nnn(Cc3nc(CC(=O)NC4CCCCC4)no3)n2)cc1. The monoisotopic (exact) mass is 381 g/mol. The summed E-state index contributed by atoms with van der Waals surface area (Å²) in [6.45, 7) is 2.23. The highest BCUT2D eigenvalue weighted by molar-refractivity contribution is 5.78. The molecule has 1 saturated carbocycles. The number of benzene rings is 1. The molecule has 0 radical (unpaired) electrons. The van der Waals surface area contributed by atoms with Crippen LogP contribution in [0.25, 0.3) is 11.4 Å². The summed E-state index contributed by atoms with van der Waals surface area (Å²) >= 11 is 0. The van der Waals surface area contributed by atoms with Gasteiger partial charge in [-0.15, -0.1) is 10.2 Å². The molecule has 1 amide bonds. The average Bonchev–Trinajstić information content (AvgIpc) is 3.33. The molecule has 0 spiro atoms. The third kappa shape index (κ3) is 4.59. The van der Waals surface area contributed by atoms with Gasteiger partial charge >= 0.3 is 0 Å². The predicted octanol–water partition coefficient (Wildman–Crippen LogP) is 2.07. The first-order valence-electron chi connectivity index (χ1n) is 9.61. The second kappa shape index (κ2) is 8.28. The molecule has 0 atom stereocenters. The highest BCUT2D eigenvalue weighted by Gasteiger charge is 2.18. The second-order valence-corrected chi connectivity index (χ2v) is 7.19. The van der Waals surface area contributed by atoms with Crippen LogP contribution < -0.4 is 5.32 Å². The van der Waals surface area contributed by atoms with Crippen molar-refractivity contribution < 1.29 is 9.32 Å². The molecular formula is C19H23N7O2. The maximum atomic E-state index is 12.2. The van der Waals surface area contributed by atoms with E-state index in [-0.39, 0.29) is 24.9 Å². The van der Waals surface area contributed by atoms with E-state index >= 15 is 0 Å². The Bertz CT molecular complexity index is 926. The molecule has 0 bridgehead atoms. The van der Waals surface area contributed by atoms with Gasteiger partial charge in [-0.25, -0.2) is 0 Å². The summed E-state index contributed by atoms with van der Waals surface area (Å²) in [6, 6.07) is 8.17. The molecule has 4 rings (SSSR count). The van der Waals surface area contributed by atoms with E-state index in [0.29, 0.717) is 17.5 Å². The number of aryl methyl sites for hydroxylation is 1. The van der Waals surface area contributed by atoms with E-state index in [9.17, 15) is 4.79 Å². The minimum Gasteiger partial charge on any atom is -0.353 e. The Morgan fingerprint density at radius 1 is 1.21 bits per heavy atom. The van der Waals surface area contributed by atoms with Crippen molar-refractivity contribution in [1.82, 2.24) is 35.7 Å². The summed E-state index contributed by atoms with van der Waals surface area (Å²) in [7, 11) is 0. The lowest BCUT2D eigenvalue weighted by Gasteiger charge is -2.22. The molecule has 1 aliphatic carbocycles. The van der Waals surface area contributed by atoms with Gasteiger partial charge in [-0.3, -0.25) is 4.79 Å². The fraction of sp³-hybridized carbons (Fsp3) is 0.474. The zero-order valence-electron chi connectivity index (χ0n) is 15.8. The number of amides is 1. The third-order valence-corrected chi connectivity index (χ3v) is 4.84. The molecule has 3 aromatic rings. The molecule has 9 nitrogen and oxygen atoms in total. The Morgan fingerprint density at radius 2 is 2.00 bits per heavy atom. The van der Waals surface area contributed by atoms with Crippen LogP contribution in [-0.2, 0) is 17.8 Å². The second-order valence-electron chi connectivity index (χ2n) is 7.19. The van der Waals surface area contributed by atoms with Gasteiger partial charge in [0.05, 0.1) is 6.42 Å². The lowest BCUT2D eigenvalue weighted by atomic mass is 9.95. The first-order valence-corrected chi connectivity index (χ1v) is 9.61. The summed E-state index contributed by atoms with van der Waals surface area (Å²) in [6.07, 6.45) is 5.80. The predicted molar refractivity (Wildman–Crippen MR) is 100 cm³/mol. The van der Waals surface area contributed by atoms with E-state index < -0.39 is 0 Å². The number of carbonyl (C=O) groups is 1. The van der Waals surface area contributed by atoms with Crippen LogP contribution in [0.2, 0.25) is 0 Å². The van der Waals surface area contributed by atoms with Gasteiger partial charge in [0.25, 0.3) is 0 Å². The molecule has 9 heteroatoms. The lowest BCUT2D eigenvalue weighted by molar-refractivity contribution is -0.121. The van der Waals surface area contributed by atoms with E-state index in [0.717, 1.165) is 18.4 Å². The maximum Gasteiger partial charge on any atom is 0.250 e. The Labute approximate surface area is 162 Å². The Kier molecular flexibility index (Phi) is 5.41. The van der Waals surface area contributed by atoms with E-state index in [4.69, 9.17) is 4.52 Å². The van der Waals surface area contributed by atoms with Crippen molar-refractivity contribution in [3.8, 4) is 11.4 Å². The molecule has 146 valence electrons. The van der Waals surface area contributed by atoms with E-state index in [1.807, 2.05) is 31.2 Å². The number of hydrogen-bond donors (Lipinski definition) is 1. The molecule has 1 aromatic carbocycles. The van der Waals surface area contributed by atoms with Gasteiger partial charge in [-0.2, -0.15) is 9.78 Å². The number of nitrogens with zero attached hydrogens (tertiary/aromatic N) is 6. The third-order valence-electron chi connectivity index (χ3n) is 4.84. The van der Waals surface area contributed by atoms with Crippen LogP contribution in [-0.4, -0.2) is 42.3 Å². The van der Waals surface area contributed by atoms with E-state index in [1.54, 1.807) is 0 Å². The summed E-state index contributed by atoms with van der Waals surface area (Å²) in [5, 5.41) is 19.4. The first-order chi connectivity index (χ1) is 13.7. The van der Waals surface area contributed by atoms with Gasteiger partial charge in [-0.1, -0.05) is 54.2 Å². The van der Waals surface area contributed by atoms with Crippen molar-refractivity contribution in [2.45, 2.75) is 58.0 Å². The zero-order valence-corrected chi connectivity index (χ0v) is 15.8. The van der Waals surface area contributed by atoms with Crippen molar-refractivity contribution in [2.75, 3.05) is 0 Å². The highest BCUT2D eigenvalue weighted by Crippen LogP contribution is 2.17. The summed E-state index contributed by atoms with van der Waals surface area (Å²) < 4.78 is 5.22. The number of carbonyl (C=O) groups excluding carboxylic acids is 1. The van der Waals surface area contributed by atoms with Crippen LogP contribution in [0, 0.1) is 6.92 Å². The average molecular weight is 381 g/mol. The Hall–Kier alpha value is -3.10. The van der Waals surface area contributed by atoms with Gasteiger partial charge in [0.2, 0.25) is 17.6 Å². The first kappa shape index (κ1) is 18.3. The highest BCUT2D eigenvalue weighted by atomic mass is 16.5. The maximum absolute atomic E-state index is 12.2. The molecule has 0 unspecified atom stereocenters. The van der Waals surface area contributed by atoms with Crippen LogP contribution in [0.5, 0.6) is 0 Å². The van der Waals surface area contributed by atoms with Gasteiger partial charge in [0.15, 0.2) is 5.82 Å². The molecule has 1 N–H and O–H groups in total. The van der Waals surface area contributed by atoms with Gasteiger partial charge in [0.1, 0.15) is 6.54 Å². The van der Waals surface area contributed by atoms with Crippen LogP contribution in [0.15, 0.2) is 28.8 Å². The summed E-state index contributed by atoms with van der Waals surface area (Å²) in [5.41, 5.74) is 2.06. The number of hydrogen-bond acceptors (Lipinski definition) is 7. The lowest BCUT2D eigenvalue weighted by Crippen LogP contribution is -2.37. The summed E-state index contributed by atoms with van der Waals surface area (Å²) in [5.74, 6) is 1.17. The van der Waals surface area contributed by atoms with Gasteiger partial charge in [-0.05, 0) is 25.0 Å². The molecule has 1 fully saturated rings. The minimum absolute atomic E-state index is 0.0696. The van der Waals surface area contributed by atoms with Crippen LogP contribution >= 0.6 is 0 Å². The fourth-order valence-electron chi connectivity index (χ4n) is 3.34. The number of aromatic nitrogens is 6. The number of nitrogens with one attached hydrogen (secondary N) is 1. The zero-order chi connectivity index (χ0) is 19.3. The van der Waals surface area contributed by atoms with Crippen LogP contribution in [0.4, 0.5) is 0 Å². The fourth-order valence-corrected chi connectivity index (χ4v) is 3.34. The molecule has 0 aliphatic heterocycles. The topological polar surface area (TPSA) is 112 Å². The molecular weight excluding hydrogens is 358 g/mol. The van der Waals surface area contributed by atoms with Crippen molar-refractivity contribution in [3.63, 3.8) is 0 Å². The molecule has 2 aromatic heterocycles. The molecule has 2 heterocycles. The largest absolute Gasteiger partial charge is 0.353 e. The standard InChI is InChI=1S/C19H23N7O2/c1-13-7-9-14(10-8-13)19-22-25-26(23-19)12-18-21-16(24-28-18)11-17(27)20-15-5-3-2-4-6-15/h7-10,15H,2-6,11-12H2,1H3,(H,20,27). The smallest absolute Gasteiger partial charge is 0.250 e. The van der Waals surface area contributed by atoms with Crippen molar-refractivity contribution in [3.05, 3.63) is 41.5 Å². The van der Waals surface area contributed by atoms with Crippen LogP contribution in [0.1, 0.15) is 49.4 Å². The van der Waals surface area contributed by atoms with Gasteiger partial charge in [0, 0.05) is 11.6 Å². The number of rotatable bonds is 6. The molecule has 0 saturated heterocycles. The molecule has 1 aliphatic rings. The normalized spacial score (nSPS) is 14.9. The van der Waals surface area contributed by atoms with E-state index in [2.05, 4.69) is 30.9 Å². The Morgan fingerprint density at radius 3 is 2.79 bits per heavy atom. The Balaban J connectivity index is 1.33. The van der Waals surface area contributed by atoms with Crippen molar-refractivity contribution >= 4 is 5.91 Å². The van der Waals surface area contributed by atoms with Crippen LogP contribution in [0.3, 0.4) is 0 Å². The summed E-state index contributed by atoms with van der Waals surface area (Å²) in [4.78, 5) is 17.8. The minimum atomic E-state index is -0.0696. The molecule has 28 heavy (non-hydrogen) atoms. The number of tetrazole rings is 1. The van der Waals surface area contributed by atoms with Crippen molar-refractivity contribution in [2.24, 2.45) is 0 Å². The quantitative estimate of drug-likeness (QED) is 0.695.